The number of likely N-dealkylation sites (N-methyl/N-ethyl adjacent to an activating group) is 1. The SMILES string of the molecule is CN=C(NCc1cc(OC)c(OC)c(OC)c1)NCC(c1ccc(OC)cc1)N(C)C.I. The average Bonchev–Trinajstić information content (AvgIpc) is 2.80. The molecule has 0 fully saturated rings. The molecule has 0 radical (unpaired) electrons. The predicted octanol–water partition coefficient (Wildman–Crippen LogP) is 3.31. The van der Waals surface area contributed by atoms with E-state index in [-0.39, 0.29) is 30.0 Å². The minimum atomic E-state index is 0. The maximum absolute atomic E-state index is 5.43. The number of hydrogen-bond donors (Lipinski definition) is 2. The first-order valence-electron chi connectivity index (χ1n) is 10.0. The van der Waals surface area contributed by atoms with Crippen LogP contribution in [0.4, 0.5) is 0 Å². The minimum Gasteiger partial charge on any atom is -0.497 e. The molecule has 2 rings (SSSR count). The Hall–Kier alpha value is -2.40. The lowest BCUT2D eigenvalue weighted by molar-refractivity contribution is 0.298. The van der Waals surface area contributed by atoms with Crippen molar-refractivity contribution in [3.05, 3.63) is 47.5 Å². The second-order valence-corrected chi connectivity index (χ2v) is 7.09. The first kappa shape index (κ1) is 27.6. The van der Waals surface area contributed by atoms with Gasteiger partial charge in [-0.25, -0.2) is 0 Å². The highest BCUT2D eigenvalue weighted by atomic mass is 127. The number of nitrogens with zero attached hydrogens (tertiary/aromatic N) is 2. The van der Waals surface area contributed by atoms with Gasteiger partial charge < -0.3 is 34.5 Å². The van der Waals surface area contributed by atoms with Crippen molar-refractivity contribution in [2.45, 2.75) is 12.6 Å². The predicted molar refractivity (Wildman–Crippen MR) is 139 cm³/mol. The quantitative estimate of drug-likeness (QED) is 0.263. The Morgan fingerprint density at radius 2 is 1.50 bits per heavy atom. The van der Waals surface area contributed by atoms with Gasteiger partial charge >= 0.3 is 0 Å². The molecule has 0 aromatic heterocycles. The second-order valence-electron chi connectivity index (χ2n) is 7.09. The molecule has 0 aliphatic heterocycles. The van der Waals surface area contributed by atoms with Gasteiger partial charge in [0.15, 0.2) is 17.5 Å². The van der Waals surface area contributed by atoms with Gasteiger partial charge in [0.2, 0.25) is 5.75 Å². The normalized spacial score (nSPS) is 11.9. The number of halogens is 1. The summed E-state index contributed by atoms with van der Waals surface area (Å²) < 4.78 is 21.5. The van der Waals surface area contributed by atoms with Crippen LogP contribution in [0.2, 0.25) is 0 Å². The Bertz CT molecular complexity index is 835. The molecule has 0 bridgehead atoms. The van der Waals surface area contributed by atoms with E-state index in [1.807, 2.05) is 24.3 Å². The van der Waals surface area contributed by atoms with Crippen LogP contribution < -0.4 is 29.6 Å². The van der Waals surface area contributed by atoms with Gasteiger partial charge in [-0.3, -0.25) is 4.99 Å². The van der Waals surface area contributed by atoms with E-state index in [1.54, 1.807) is 35.5 Å². The van der Waals surface area contributed by atoms with Crippen LogP contribution >= 0.6 is 24.0 Å². The van der Waals surface area contributed by atoms with Crippen molar-refractivity contribution < 1.29 is 18.9 Å². The van der Waals surface area contributed by atoms with Crippen LogP contribution in [0, 0.1) is 0 Å². The molecular formula is C23H35IN4O4. The molecule has 9 heteroatoms. The lowest BCUT2D eigenvalue weighted by Gasteiger charge is -2.26. The van der Waals surface area contributed by atoms with Crippen LogP contribution in [0.15, 0.2) is 41.4 Å². The molecule has 8 nitrogen and oxygen atoms in total. The molecule has 2 aromatic rings. The van der Waals surface area contributed by atoms with E-state index in [1.165, 1.54) is 5.56 Å². The third-order valence-corrected chi connectivity index (χ3v) is 4.99. The Kier molecular flexibility index (Phi) is 12.0. The highest BCUT2D eigenvalue weighted by Gasteiger charge is 2.16. The summed E-state index contributed by atoms with van der Waals surface area (Å²) in [4.78, 5) is 6.51. The lowest BCUT2D eigenvalue weighted by Crippen LogP contribution is -2.41. The molecular weight excluding hydrogens is 523 g/mol. The van der Waals surface area contributed by atoms with Crippen molar-refractivity contribution >= 4 is 29.9 Å². The van der Waals surface area contributed by atoms with Gasteiger partial charge in [-0.05, 0) is 49.5 Å². The summed E-state index contributed by atoms with van der Waals surface area (Å²) in [6.45, 7) is 1.24. The summed E-state index contributed by atoms with van der Waals surface area (Å²) in [5, 5.41) is 6.74. The Labute approximate surface area is 208 Å². The molecule has 2 aromatic carbocycles. The fraction of sp³-hybridized carbons (Fsp3) is 0.435. The zero-order valence-electron chi connectivity index (χ0n) is 19.9. The smallest absolute Gasteiger partial charge is 0.203 e. The van der Waals surface area contributed by atoms with E-state index in [2.05, 4.69) is 46.8 Å². The number of aliphatic imine (C=N–C) groups is 1. The number of ether oxygens (including phenoxy) is 4. The number of methoxy groups -OCH3 is 4. The highest BCUT2D eigenvalue weighted by molar-refractivity contribution is 14.0. The van der Waals surface area contributed by atoms with E-state index in [0.717, 1.165) is 11.3 Å². The molecule has 0 aliphatic carbocycles. The third kappa shape index (κ3) is 7.33. The van der Waals surface area contributed by atoms with Crippen molar-refractivity contribution in [3.63, 3.8) is 0 Å². The molecule has 1 atom stereocenters. The summed E-state index contributed by atoms with van der Waals surface area (Å²) in [5.74, 6) is 3.36. The zero-order chi connectivity index (χ0) is 22.8. The molecule has 0 spiro atoms. The summed E-state index contributed by atoms with van der Waals surface area (Å²) in [6, 6.07) is 12.1. The van der Waals surface area contributed by atoms with Gasteiger partial charge in [0.25, 0.3) is 0 Å². The van der Waals surface area contributed by atoms with Crippen molar-refractivity contribution in [2.75, 3.05) is 56.1 Å². The molecule has 2 N–H and O–H groups in total. The van der Waals surface area contributed by atoms with Gasteiger partial charge in [0.1, 0.15) is 5.75 Å². The van der Waals surface area contributed by atoms with Crippen molar-refractivity contribution in [1.29, 1.82) is 0 Å². The lowest BCUT2D eigenvalue weighted by atomic mass is 10.1. The summed E-state index contributed by atoms with van der Waals surface area (Å²) >= 11 is 0. The van der Waals surface area contributed by atoms with Crippen LogP contribution in [0.1, 0.15) is 17.2 Å². The van der Waals surface area contributed by atoms with Crippen LogP contribution in [-0.4, -0.2) is 67.0 Å². The molecule has 0 saturated heterocycles. The largest absolute Gasteiger partial charge is 0.497 e. The maximum Gasteiger partial charge on any atom is 0.203 e. The second kappa shape index (κ2) is 13.9. The first-order chi connectivity index (χ1) is 15.0. The fourth-order valence-corrected chi connectivity index (χ4v) is 3.26. The molecule has 0 heterocycles. The minimum absolute atomic E-state index is 0. The van der Waals surface area contributed by atoms with Crippen LogP contribution in [0.3, 0.4) is 0 Å². The highest BCUT2D eigenvalue weighted by Crippen LogP contribution is 2.38. The molecule has 0 saturated carbocycles. The number of benzene rings is 2. The number of rotatable bonds is 10. The van der Waals surface area contributed by atoms with E-state index in [4.69, 9.17) is 18.9 Å². The number of hydrogen-bond acceptors (Lipinski definition) is 6. The van der Waals surface area contributed by atoms with Gasteiger partial charge in [-0.15, -0.1) is 24.0 Å². The Morgan fingerprint density at radius 3 is 1.94 bits per heavy atom. The molecule has 178 valence electrons. The van der Waals surface area contributed by atoms with Gasteiger partial charge in [-0.2, -0.15) is 0 Å². The van der Waals surface area contributed by atoms with Gasteiger partial charge in [0, 0.05) is 20.1 Å². The number of guanidine groups is 1. The average molecular weight is 558 g/mol. The van der Waals surface area contributed by atoms with Crippen LogP contribution in [0.5, 0.6) is 23.0 Å². The van der Waals surface area contributed by atoms with E-state index >= 15 is 0 Å². The van der Waals surface area contributed by atoms with Gasteiger partial charge in [-0.1, -0.05) is 12.1 Å². The van der Waals surface area contributed by atoms with E-state index < -0.39 is 0 Å². The van der Waals surface area contributed by atoms with Crippen molar-refractivity contribution in [1.82, 2.24) is 15.5 Å². The summed E-state index contributed by atoms with van der Waals surface area (Å²) in [6.07, 6.45) is 0. The van der Waals surface area contributed by atoms with Crippen molar-refractivity contribution in [2.24, 2.45) is 4.99 Å². The first-order valence-corrected chi connectivity index (χ1v) is 10.0. The van der Waals surface area contributed by atoms with E-state index in [9.17, 15) is 0 Å². The Balaban J connectivity index is 0.00000512. The van der Waals surface area contributed by atoms with Crippen LogP contribution in [0.25, 0.3) is 0 Å². The van der Waals surface area contributed by atoms with Crippen molar-refractivity contribution in [3.8, 4) is 23.0 Å². The molecule has 0 aliphatic rings. The fourth-order valence-electron chi connectivity index (χ4n) is 3.26. The molecule has 32 heavy (non-hydrogen) atoms. The van der Waals surface area contributed by atoms with Crippen LogP contribution in [-0.2, 0) is 6.54 Å². The Morgan fingerprint density at radius 1 is 0.906 bits per heavy atom. The van der Waals surface area contributed by atoms with E-state index in [0.29, 0.717) is 36.3 Å². The molecule has 0 amide bonds. The number of nitrogens with one attached hydrogen (secondary N) is 2. The zero-order valence-corrected chi connectivity index (χ0v) is 22.2. The monoisotopic (exact) mass is 558 g/mol. The topological polar surface area (TPSA) is 76.6 Å². The maximum atomic E-state index is 5.43. The summed E-state index contributed by atoms with van der Waals surface area (Å²) in [5.41, 5.74) is 2.18. The van der Waals surface area contributed by atoms with Gasteiger partial charge in [0.05, 0.1) is 34.5 Å². The summed E-state index contributed by atoms with van der Waals surface area (Å²) in [7, 11) is 12.3. The molecule has 1 unspecified atom stereocenters. The third-order valence-electron chi connectivity index (χ3n) is 4.99. The standard InChI is InChI=1S/C23H34N4O4.HI/c1-24-23(25-14-16-12-20(29-5)22(31-7)21(13-16)30-6)26-15-19(27(2)3)17-8-10-18(28-4)11-9-17;/h8-13,19H,14-15H2,1-7H3,(H2,24,25,26);1H.